The first kappa shape index (κ1) is 14.8. The molecule has 2 aromatic heterocycles. The van der Waals surface area contributed by atoms with E-state index in [2.05, 4.69) is 22.1 Å². The fraction of sp³-hybridized carbons (Fsp3) is 0.133. The first-order valence-corrected chi connectivity index (χ1v) is 7.57. The van der Waals surface area contributed by atoms with E-state index in [1.807, 2.05) is 6.07 Å². The highest BCUT2D eigenvalue weighted by Crippen LogP contribution is 2.29. The number of aliphatic hydroxyl groups excluding tert-OH is 1. The Morgan fingerprint density at radius 3 is 3.05 bits per heavy atom. The maximum absolute atomic E-state index is 11.7. The van der Waals surface area contributed by atoms with Crippen molar-refractivity contribution in [2.45, 2.75) is 6.42 Å². The van der Waals surface area contributed by atoms with Gasteiger partial charge < -0.3 is 14.8 Å². The van der Waals surface area contributed by atoms with Crippen LogP contribution in [-0.2, 0) is 11.2 Å². The molecule has 0 spiro atoms. The predicted molar refractivity (Wildman–Crippen MR) is 88.9 cm³/mol. The Balaban J connectivity index is 1.96. The van der Waals surface area contributed by atoms with E-state index in [1.165, 1.54) is 11.8 Å². The summed E-state index contributed by atoms with van der Waals surface area (Å²) in [5, 5.41) is 12.1. The summed E-state index contributed by atoms with van der Waals surface area (Å²) in [6.45, 7) is -0.175. The summed E-state index contributed by atoms with van der Waals surface area (Å²) in [6, 6.07) is 1.81. The number of thioether (sulfide) groups is 1. The van der Waals surface area contributed by atoms with E-state index in [-0.39, 0.29) is 12.5 Å². The Labute approximate surface area is 135 Å². The van der Waals surface area contributed by atoms with Crippen molar-refractivity contribution in [3.05, 3.63) is 34.7 Å². The first-order valence-electron chi connectivity index (χ1n) is 6.35. The molecule has 0 bridgehead atoms. The van der Waals surface area contributed by atoms with Gasteiger partial charge in [0.05, 0.1) is 4.91 Å². The van der Waals surface area contributed by atoms with Gasteiger partial charge in [-0.05, 0) is 6.07 Å². The van der Waals surface area contributed by atoms with Crippen molar-refractivity contribution in [3.8, 4) is 11.8 Å². The van der Waals surface area contributed by atoms with E-state index in [0.29, 0.717) is 27.0 Å². The maximum atomic E-state index is 11.7. The van der Waals surface area contributed by atoms with E-state index in [4.69, 9.17) is 21.7 Å². The minimum Gasteiger partial charge on any atom is -0.456 e. The molecule has 0 aliphatic carbocycles. The number of rotatable bonds is 2. The minimum absolute atomic E-state index is 0.175. The van der Waals surface area contributed by atoms with E-state index in [9.17, 15) is 4.79 Å². The molecule has 1 aliphatic heterocycles. The molecular weight excluding hydrogens is 320 g/mol. The normalized spacial score (nSPS) is 16.0. The molecule has 0 atom stereocenters. The van der Waals surface area contributed by atoms with Crippen molar-refractivity contribution in [2.75, 3.05) is 6.61 Å². The number of nitrogens with one attached hydrogen (secondary N) is 1. The summed E-state index contributed by atoms with van der Waals surface area (Å²) in [4.78, 5) is 16.3. The number of hydrogen-bond acceptors (Lipinski definition) is 6. The number of carbonyl (C=O) groups is 1. The van der Waals surface area contributed by atoms with Crippen LogP contribution in [-0.4, -0.2) is 26.9 Å². The SMILES string of the molecule is O=C1NC(=S)S/C1=C/c1cc2cncc(CC#CCO)c2o1. The zero-order valence-electron chi connectivity index (χ0n) is 11.3. The van der Waals surface area contributed by atoms with E-state index >= 15 is 0 Å². The Bertz CT molecular complexity index is 859. The summed E-state index contributed by atoms with van der Waals surface area (Å²) in [6.07, 6.45) is 5.47. The summed E-state index contributed by atoms with van der Waals surface area (Å²) < 4.78 is 6.23. The lowest BCUT2D eigenvalue weighted by atomic mass is 10.1. The van der Waals surface area contributed by atoms with Crippen LogP contribution in [0.4, 0.5) is 0 Å². The van der Waals surface area contributed by atoms with Gasteiger partial charge >= 0.3 is 0 Å². The van der Waals surface area contributed by atoms with E-state index in [1.54, 1.807) is 18.5 Å². The van der Waals surface area contributed by atoms with Crippen LogP contribution in [0.15, 0.2) is 27.8 Å². The number of thiocarbonyl (C=S) groups is 1. The molecule has 1 saturated heterocycles. The van der Waals surface area contributed by atoms with Crippen LogP contribution in [0.2, 0.25) is 0 Å². The number of aliphatic hydroxyl groups is 1. The Morgan fingerprint density at radius 1 is 1.45 bits per heavy atom. The highest BCUT2D eigenvalue weighted by Gasteiger charge is 2.22. The second-order valence-corrected chi connectivity index (χ2v) is 6.13. The average molecular weight is 330 g/mol. The van der Waals surface area contributed by atoms with Gasteiger partial charge in [-0.3, -0.25) is 9.78 Å². The summed E-state index contributed by atoms with van der Waals surface area (Å²) in [5.74, 6) is 5.77. The second kappa shape index (κ2) is 6.32. The molecule has 3 heterocycles. The van der Waals surface area contributed by atoms with Gasteiger partial charge in [-0.2, -0.15) is 0 Å². The fourth-order valence-corrected chi connectivity index (χ4v) is 3.02. The first-order chi connectivity index (χ1) is 10.7. The van der Waals surface area contributed by atoms with Gasteiger partial charge in [0.1, 0.15) is 22.3 Å². The molecule has 1 fully saturated rings. The largest absolute Gasteiger partial charge is 0.456 e. The highest BCUT2D eigenvalue weighted by molar-refractivity contribution is 8.26. The van der Waals surface area contributed by atoms with Crippen molar-refractivity contribution in [3.63, 3.8) is 0 Å². The number of aromatic nitrogens is 1. The van der Waals surface area contributed by atoms with Crippen molar-refractivity contribution < 1.29 is 14.3 Å². The molecule has 2 aromatic rings. The summed E-state index contributed by atoms with van der Waals surface area (Å²) >= 11 is 6.15. The van der Waals surface area contributed by atoms with Crippen molar-refractivity contribution in [2.24, 2.45) is 0 Å². The van der Waals surface area contributed by atoms with Crippen LogP contribution < -0.4 is 5.32 Å². The molecule has 2 N–H and O–H groups in total. The lowest BCUT2D eigenvalue weighted by Gasteiger charge is -1.95. The van der Waals surface area contributed by atoms with Crippen molar-refractivity contribution in [1.82, 2.24) is 10.3 Å². The van der Waals surface area contributed by atoms with Crippen molar-refractivity contribution >= 4 is 51.3 Å². The quantitative estimate of drug-likeness (QED) is 0.497. The zero-order valence-corrected chi connectivity index (χ0v) is 12.9. The van der Waals surface area contributed by atoms with Gasteiger partial charge in [0, 0.05) is 35.8 Å². The van der Waals surface area contributed by atoms with Crippen LogP contribution in [0.3, 0.4) is 0 Å². The van der Waals surface area contributed by atoms with Crippen LogP contribution >= 0.6 is 24.0 Å². The smallest absolute Gasteiger partial charge is 0.263 e. The molecule has 110 valence electrons. The number of pyridine rings is 1. The molecule has 1 amide bonds. The fourth-order valence-electron chi connectivity index (χ4n) is 2.00. The van der Waals surface area contributed by atoms with Gasteiger partial charge in [-0.25, -0.2) is 0 Å². The van der Waals surface area contributed by atoms with Gasteiger partial charge in [0.2, 0.25) is 0 Å². The second-order valence-electron chi connectivity index (χ2n) is 4.41. The van der Waals surface area contributed by atoms with Gasteiger partial charge in [-0.1, -0.05) is 35.8 Å². The summed E-state index contributed by atoms with van der Waals surface area (Å²) in [7, 11) is 0. The number of amides is 1. The minimum atomic E-state index is -0.220. The lowest BCUT2D eigenvalue weighted by Crippen LogP contribution is -2.17. The average Bonchev–Trinajstić information content (AvgIpc) is 3.03. The van der Waals surface area contributed by atoms with Crippen molar-refractivity contribution in [1.29, 1.82) is 0 Å². The standard InChI is InChI=1S/C15H10N2O3S2/c18-4-2-1-3-9-7-16-8-10-5-11(20-13(9)10)6-12-14(19)17-15(21)22-12/h5-8,18H,3-4H2,(H,17,19,21)/b12-6+. The lowest BCUT2D eigenvalue weighted by molar-refractivity contribution is -0.115. The van der Waals surface area contributed by atoms with E-state index < -0.39 is 0 Å². The predicted octanol–water partition coefficient (Wildman–Crippen LogP) is 1.85. The molecule has 0 radical (unpaired) electrons. The zero-order chi connectivity index (χ0) is 15.5. The topological polar surface area (TPSA) is 75.4 Å². The van der Waals surface area contributed by atoms with Gasteiger partial charge in [-0.15, -0.1) is 0 Å². The van der Waals surface area contributed by atoms with Crippen LogP contribution in [0.25, 0.3) is 17.0 Å². The van der Waals surface area contributed by atoms with Crippen LogP contribution in [0.5, 0.6) is 0 Å². The number of fused-ring (bicyclic) bond motifs is 1. The molecule has 0 aromatic carbocycles. The molecule has 7 heteroatoms. The molecule has 0 saturated carbocycles. The number of nitrogens with zero attached hydrogens (tertiary/aromatic N) is 1. The monoisotopic (exact) mass is 330 g/mol. The molecule has 1 aliphatic rings. The Morgan fingerprint density at radius 2 is 2.32 bits per heavy atom. The van der Waals surface area contributed by atoms with Crippen LogP contribution in [0.1, 0.15) is 11.3 Å². The molecule has 0 unspecified atom stereocenters. The number of furan rings is 1. The van der Waals surface area contributed by atoms with Crippen LogP contribution in [0, 0.1) is 11.8 Å². The Hall–Kier alpha value is -2.14. The third-order valence-electron chi connectivity index (χ3n) is 2.91. The van der Waals surface area contributed by atoms with Gasteiger partial charge in [0.25, 0.3) is 5.91 Å². The van der Waals surface area contributed by atoms with E-state index in [0.717, 1.165) is 10.9 Å². The molecule has 22 heavy (non-hydrogen) atoms. The third-order valence-corrected chi connectivity index (χ3v) is 4.08. The molecule has 3 rings (SSSR count). The molecular formula is C15H10N2O3S2. The third kappa shape index (κ3) is 3.04. The maximum Gasteiger partial charge on any atom is 0.263 e. The highest BCUT2D eigenvalue weighted by atomic mass is 32.2. The Kier molecular flexibility index (Phi) is 4.24. The summed E-state index contributed by atoms with van der Waals surface area (Å²) in [5.41, 5.74) is 1.52. The number of hydrogen-bond donors (Lipinski definition) is 2. The molecule has 5 nitrogen and oxygen atoms in total. The van der Waals surface area contributed by atoms with Gasteiger partial charge in [0.15, 0.2) is 0 Å². The number of carbonyl (C=O) groups excluding carboxylic acids is 1.